The van der Waals surface area contributed by atoms with Crippen LogP contribution in [0.25, 0.3) is 0 Å². The van der Waals surface area contributed by atoms with Crippen LogP contribution >= 0.6 is 23.2 Å². The molecule has 0 unspecified atom stereocenters. The third kappa shape index (κ3) is 3.50. The zero-order chi connectivity index (χ0) is 16.3. The van der Waals surface area contributed by atoms with Crippen LogP contribution in [-0.2, 0) is 0 Å². The van der Waals surface area contributed by atoms with Crippen LogP contribution in [0.4, 0.5) is 5.69 Å². The lowest BCUT2D eigenvalue weighted by Crippen LogP contribution is -2.16. The Bertz CT molecular complexity index is 748. The molecule has 0 aliphatic carbocycles. The van der Waals surface area contributed by atoms with Crippen molar-refractivity contribution in [2.75, 3.05) is 12.4 Å². The molecule has 0 radical (unpaired) electrons. The predicted molar refractivity (Wildman–Crippen MR) is 85.9 cm³/mol. The third-order valence-corrected chi connectivity index (χ3v) is 3.46. The molecule has 5 nitrogen and oxygen atoms in total. The SMILES string of the molecule is COc1ccc(C(N)=O)cc1C(=O)Nc1ccc(Cl)cc1Cl. The number of rotatable bonds is 4. The van der Waals surface area contributed by atoms with Gasteiger partial charge in [-0.25, -0.2) is 0 Å². The van der Waals surface area contributed by atoms with Crippen molar-refractivity contribution in [1.82, 2.24) is 0 Å². The topological polar surface area (TPSA) is 81.4 Å². The van der Waals surface area contributed by atoms with E-state index in [0.717, 1.165) is 0 Å². The van der Waals surface area contributed by atoms with Gasteiger partial charge < -0.3 is 15.8 Å². The number of nitrogens with two attached hydrogens (primary N) is 1. The summed E-state index contributed by atoms with van der Waals surface area (Å²) in [4.78, 5) is 23.6. The van der Waals surface area contributed by atoms with Gasteiger partial charge >= 0.3 is 0 Å². The number of halogens is 2. The van der Waals surface area contributed by atoms with Gasteiger partial charge in [0.1, 0.15) is 5.75 Å². The number of anilines is 1. The van der Waals surface area contributed by atoms with Gasteiger partial charge in [0.2, 0.25) is 5.91 Å². The molecule has 0 aromatic heterocycles. The summed E-state index contributed by atoms with van der Waals surface area (Å²) < 4.78 is 5.12. The fourth-order valence-electron chi connectivity index (χ4n) is 1.82. The zero-order valence-electron chi connectivity index (χ0n) is 11.5. The highest BCUT2D eigenvalue weighted by atomic mass is 35.5. The molecule has 0 bridgehead atoms. The molecule has 2 aromatic rings. The van der Waals surface area contributed by atoms with Crippen molar-refractivity contribution in [2.24, 2.45) is 5.73 Å². The van der Waals surface area contributed by atoms with Crippen LogP contribution in [-0.4, -0.2) is 18.9 Å². The van der Waals surface area contributed by atoms with Gasteiger partial charge in [-0.2, -0.15) is 0 Å². The summed E-state index contributed by atoms with van der Waals surface area (Å²) in [5.74, 6) is -0.807. The Labute approximate surface area is 137 Å². The van der Waals surface area contributed by atoms with E-state index in [1.54, 1.807) is 12.1 Å². The molecule has 0 saturated carbocycles. The number of primary amides is 1. The molecule has 0 aliphatic rings. The van der Waals surface area contributed by atoms with Gasteiger partial charge in [-0.3, -0.25) is 9.59 Å². The van der Waals surface area contributed by atoms with E-state index in [1.807, 2.05) is 0 Å². The highest BCUT2D eigenvalue weighted by molar-refractivity contribution is 6.36. The lowest BCUT2D eigenvalue weighted by Gasteiger charge is -2.11. The van der Waals surface area contributed by atoms with Gasteiger partial charge in [0.25, 0.3) is 5.91 Å². The Morgan fingerprint density at radius 1 is 1.14 bits per heavy atom. The second-order valence-corrected chi connectivity index (χ2v) is 5.20. The molecule has 0 aliphatic heterocycles. The van der Waals surface area contributed by atoms with E-state index >= 15 is 0 Å². The standard InChI is InChI=1S/C15H12Cl2N2O3/c1-22-13-5-2-8(14(18)20)6-10(13)15(21)19-12-4-3-9(16)7-11(12)17/h2-7H,1H3,(H2,18,20)(H,19,21). The van der Waals surface area contributed by atoms with Crippen LogP contribution in [0.1, 0.15) is 20.7 Å². The van der Waals surface area contributed by atoms with Gasteiger partial charge in [-0.15, -0.1) is 0 Å². The number of nitrogens with one attached hydrogen (secondary N) is 1. The molecule has 0 fully saturated rings. The van der Waals surface area contributed by atoms with Crippen molar-refractivity contribution in [3.8, 4) is 5.75 Å². The number of benzene rings is 2. The minimum absolute atomic E-state index is 0.171. The highest BCUT2D eigenvalue weighted by Crippen LogP contribution is 2.27. The number of carbonyl (C=O) groups excluding carboxylic acids is 2. The number of amides is 2. The molecular formula is C15H12Cl2N2O3. The first-order valence-electron chi connectivity index (χ1n) is 6.16. The first-order valence-corrected chi connectivity index (χ1v) is 6.92. The fourth-order valence-corrected chi connectivity index (χ4v) is 2.27. The Balaban J connectivity index is 2.35. The number of methoxy groups -OCH3 is 1. The van der Waals surface area contributed by atoms with Crippen molar-refractivity contribution in [3.63, 3.8) is 0 Å². The van der Waals surface area contributed by atoms with Gasteiger partial charge in [0, 0.05) is 10.6 Å². The minimum Gasteiger partial charge on any atom is -0.496 e. The van der Waals surface area contributed by atoms with E-state index in [0.29, 0.717) is 21.5 Å². The number of hydrogen-bond acceptors (Lipinski definition) is 3. The zero-order valence-corrected chi connectivity index (χ0v) is 13.0. The average molecular weight is 339 g/mol. The minimum atomic E-state index is -0.638. The average Bonchev–Trinajstić information content (AvgIpc) is 2.49. The quantitative estimate of drug-likeness (QED) is 0.896. The summed E-state index contributed by atoms with van der Waals surface area (Å²) in [6.07, 6.45) is 0. The molecule has 3 N–H and O–H groups in total. The van der Waals surface area contributed by atoms with Gasteiger partial charge in [0.05, 0.1) is 23.4 Å². The maximum atomic E-state index is 12.4. The smallest absolute Gasteiger partial charge is 0.259 e. The molecule has 0 atom stereocenters. The van der Waals surface area contributed by atoms with E-state index in [-0.39, 0.29) is 11.1 Å². The normalized spacial score (nSPS) is 10.1. The Morgan fingerprint density at radius 3 is 2.45 bits per heavy atom. The van der Waals surface area contributed by atoms with Crippen LogP contribution in [0.3, 0.4) is 0 Å². The number of ether oxygens (including phenoxy) is 1. The molecule has 114 valence electrons. The molecule has 22 heavy (non-hydrogen) atoms. The molecule has 2 aromatic carbocycles. The van der Waals surface area contributed by atoms with Crippen LogP contribution in [0.5, 0.6) is 5.75 Å². The summed E-state index contributed by atoms with van der Waals surface area (Å²) in [6, 6.07) is 9.02. The second kappa shape index (κ2) is 6.68. The number of hydrogen-bond donors (Lipinski definition) is 2. The molecule has 7 heteroatoms. The Kier molecular flexibility index (Phi) is 4.90. The Hall–Kier alpha value is -2.24. The molecule has 0 spiro atoms. The highest BCUT2D eigenvalue weighted by Gasteiger charge is 2.16. The van der Waals surface area contributed by atoms with Crippen LogP contribution < -0.4 is 15.8 Å². The summed E-state index contributed by atoms with van der Waals surface area (Å²) in [5.41, 5.74) is 5.98. The lowest BCUT2D eigenvalue weighted by molar-refractivity contribution is 0.1000. The van der Waals surface area contributed by atoms with E-state index < -0.39 is 11.8 Å². The fraction of sp³-hybridized carbons (Fsp3) is 0.0667. The second-order valence-electron chi connectivity index (χ2n) is 4.36. The molecule has 0 saturated heterocycles. The van der Waals surface area contributed by atoms with E-state index in [2.05, 4.69) is 5.32 Å². The lowest BCUT2D eigenvalue weighted by atomic mass is 10.1. The molecule has 0 heterocycles. The molecule has 2 rings (SSSR count). The van der Waals surface area contributed by atoms with Crippen molar-refractivity contribution < 1.29 is 14.3 Å². The van der Waals surface area contributed by atoms with Crippen LogP contribution in [0.15, 0.2) is 36.4 Å². The van der Waals surface area contributed by atoms with Crippen LogP contribution in [0, 0.1) is 0 Å². The monoisotopic (exact) mass is 338 g/mol. The summed E-state index contributed by atoms with van der Waals surface area (Å²) >= 11 is 11.8. The van der Waals surface area contributed by atoms with E-state index in [9.17, 15) is 9.59 Å². The summed E-state index contributed by atoms with van der Waals surface area (Å²) in [5, 5.41) is 3.38. The Morgan fingerprint density at radius 2 is 1.86 bits per heavy atom. The first kappa shape index (κ1) is 16.1. The summed E-state index contributed by atoms with van der Waals surface area (Å²) in [6.45, 7) is 0. The summed E-state index contributed by atoms with van der Waals surface area (Å²) in [7, 11) is 1.42. The predicted octanol–water partition coefficient (Wildman–Crippen LogP) is 3.35. The maximum Gasteiger partial charge on any atom is 0.259 e. The van der Waals surface area contributed by atoms with E-state index in [1.165, 1.54) is 31.4 Å². The van der Waals surface area contributed by atoms with Crippen LogP contribution in [0.2, 0.25) is 10.0 Å². The van der Waals surface area contributed by atoms with Crippen molar-refractivity contribution in [1.29, 1.82) is 0 Å². The van der Waals surface area contributed by atoms with Gasteiger partial charge in [0.15, 0.2) is 0 Å². The van der Waals surface area contributed by atoms with Gasteiger partial charge in [-0.05, 0) is 36.4 Å². The number of carbonyl (C=O) groups is 2. The molecule has 2 amide bonds. The maximum absolute atomic E-state index is 12.4. The van der Waals surface area contributed by atoms with Crippen molar-refractivity contribution in [2.45, 2.75) is 0 Å². The van der Waals surface area contributed by atoms with Crippen molar-refractivity contribution in [3.05, 3.63) is 57.6 Å². The van der Waals surface area contributed by atoms with Gasteiger partial charge in [-0.1, -0.05) is 23.2 Å². The van der Waals surface area contributed by atoms with E-state index in [4.69, 9.17) is 33.7 Å². The largest absolute Gasteiger partial charge is 0.496 e. The molecular weight excluding hydrogens is 327 g/mol. The van der Waals surface area contributed by atoms with Crippen molar-refractivity contribution >= 4 is 40.7 Å². The first-order chi connectivity index (χ1) is 10.4. The third-order valence-electron chi connectivity index (χ3n) is 2.91.